The second kappa shape index (κ2) is 15.1. The second-order valence-electron chi connectivity index (χ2n) is 7.54. The quantitative estimate of drug-likeness (QED) is 0.239. The molecule has 0 heterocycles. The maximum absolute atomic E-state index is 2.35. The Bertz CT molecular complexity index is 298. The largest absolute Gasteiger partial charge is 0.0882 e. The lowest BCUT2D eigenvalue weighted by atomic mass is 9.89. The molecule has 0 heteroatoms. The van der Waals surface area contributed by atoms with Crippen LogP contribution in [0.15, 0.2) is 36.5 Å². The third-order valence-corrected chi connectivity index (χ3v) is 3.82. The van der Waals surface area contributed by atoms with Gasteiger partial charge in [-0.25, -0.2) is 0 Å². The van der Waals surface area contributed by atoms with Gasteiger partial charge in [0.05, 0.1) is 0 Å². The average Bonchev–Trinajstić information content (AvgIpc) is 2.45. The topological polar surface area (TPSA) is 0 Å². The Morgan fingerprint density at radius 2 is 1.09 bits per heavy atom. The molecule has 0 bridgehead atoms. The van der Waals surface area contributed by atoms with Crippen molar-refractivity contribution in [1.29, 1.82) is 0 Å². The van der Waals surface area contributed by atoms with Crippen LogP contribution in [0.4, 0.5) is 0 Å². The van der Waals surface area contributed by atoms with Crippen molar-refractivity contribution in [2.45, 2.75) is 98.3 Å². The molecule has 0 rings (SSSR count). The SMILES string of the molecule is CCCCC/C=C\C/C=C/C/C=C/CCCCCC(C)(C)C. The van der Waals surface area contributed by atoms with E-state index in [-0.39, 0.29) is 0 Å². The van der Waals surface area contributed by atoms with Crippen molar-refractivity contribution in [3.05, 3.63) is 36.5 Å². The first-order chi connectivity index (χ1) is 10.6. The van der Waals surface area contributed by atoms with E-state index in [9.17, 15) is 0 Å². The Kier molecular flexibility index (Phi) is 14.6. The van der Waals surface area contributed by atoms with Gasteiger partial charge in [-0.2, -0.15) is 0 Å². The van der Waals surface area contributed by atoms with Crippen molar-refractivity contribution < 1.29 is 0 Å². The lowest BCUT2D eigenvalue weighted by Gasteiger charge is -2.17. The zero-order chi connectivity index (χ0) is 16.5. The van der Waals surface area contributed by atoms with Gasteiger partial charge in [-0.1, -0.05) is 89.8 Å². The summed E-state index contributed by atoms with van der Waals surface area (Å²) < 4.78 is 0. The predicted octanol–water partition coefficient (Wildman–Crippen LogP) is 8.01. The van der Waals surface area contributed by atoms with Gasteiger partial charge in [0.1, 0.15) is 0 Å². The molecule has 0 aliphatic heterocycles. The maximum Gasteiger partial charge on any atom is -0.0169 e. The summed E-state index contributed by atoms with van der Waals surface area (Å²) in [5.74, 6) is 0. The molecular formula is C22H40. The van der Waals surface area contributed by atoms with Gasteiger partial charge in [0.15, 0.2) is 0 Å². The van der Waals surface area contributed by atoms with E-state index < -0.39 is 0 Å². The van der Waals surface area contributed by atoms with E-state index >= 15 is 0 Å². The standard InChI is InChI=1S/C22H40/c1-5-6-7-8-9-10-11-12-13-14-15-16-17-18-19-20-21-22(2,3)4/h9-10,12-13,15-16H,5-8,11,14,17-21H2,1-4H3/b10-9-,13-12+,16-15+. The minimum Gasteiger partial charge on any atom is -0.0882 e. The van der Waals surface area contributed by atoms with E-state index in [0.29, 0.717) is 5.41 Å². The van der Waals surface area contributed by atoms with E-state index in [1.807, 2.05) is 0 Å². The molecule has 0 N–H and O–H groups in total. The summed E-state index contributed by atoms with van der Waals surface area (Å²) >= 11 is 0. The summed E-state index contributed by atoms with van der Waals surface area (Å²) in [6.07, 6.45) is 28.0. The Balaban J connectivity index is 3.34. The predicted molar refractivity (Wildman–Crippen MR) is 103 cm³/mol. The molecule has 0 aliphatic rings. The normalized spacial score (nSPS) is 13.1. The lowest BCUT2D eigenvalue weighted by molar-refractivity contribution is 0.358. The van der Waals surface area contributed by atoms with Gasteiger partial charge in [0.2, 0.25) is 0 Å². The van der Waals surface area contributed by atoms with Crippen LogP contribution in [0.2, 0.25) is 0 Å². The minimum atomic E-state index is 0.505. The molecule has 0 spiro atoms. The van der Waals surface area contributed by atoms with E-state index in [1.165, 1.54) is 57.8 Å². The molecule has 0 nitrogen and oxygen atoms in total. The van der Waals surface area contributed by atoms with Gasteiger partial charge in [0, 0.05) is 0 Å². The van der Waals surface area contributed by atoms with Crippen LogP contribution in [0.5, 0.6) is 0 Å². The molecule has 0 atom stereocenters. The molecule has 0 aromatic heterocycles. The van der Waals surface area contributed by atoms with Crippen LogP contribution in [0, 0.1) is 5.41 Å². The highest BCUT2D eigenvalue weighted by atomic mass is 14.1. The number of unbranched alkanes of at least 4 members (excludes halogenated alkanes) is 6. The van der Waals surface area contributed by atoms with Crippen LogP contribution in [-0.2, 0) is 0 Å². The van der Waals surface area contributed by atoms with Crippen LogP contribution in [-0.4, -0.2) is 0 Å². The highest BCUT2D eigenvalue weighted by Gasteiger charge is 2.08. The summed E-state index contributed by atoms with van der Waals surface area (Å²) in [6.45, 7) is 9.25. The Labute approximate surface area is 140 Å². The highest BCUT2D eigenvalue weighted by Crippen LogP contribution is 2.22. The molecule has 0 aliphatic carbocycles. The second-order valence-corrected chi connectivity index (χ2v) is 7.54. The summed E-state index contributed by atoms with van der Waals surface area (Å²) in [4.78, 5) is 0. The molecule has 0 amide bonds. The van der Waals surface area contributed by atoms with Crippen molar-refractivity contribution in [2.24, 2.45) is 5.41 Å². The molecule has 0 fully saturated rings. The third kappa shape index (κ3) is 19.2. The van der Waals surface area contributed by atoms with Gasteiger partial charge >= 0.3 is 0 Å². The van der Waals surface area contributed by atoms with Crippen LogP contribution in [0.3, 0.4) is 0 Å². The van der Waals surface area contributed by atoms with Gasteiger partial charge in [0.25, 0.3) is 0 Å². The molecule has 0 aromatic carbocycles. The molecule has 22 heavy (non-hydrogen) atoms. The van der Waals surface area contributed by atoms with Crippen molar-refractivity contribution in [3.8, 4) is 0 Å². The van der Waals surface area contributed by atoms with Gasteiger partial charge < -0.3 is 0 Å². The van der Waals surface area contributed by atoms with Gasteiger partial charge in [-0.05, 0) is 50.4 Å². The summed E-state index contributed by atoms with van der Waals surface area (Å²) in [5, 5.41) is 0. The van der Waals surface area contributed by atoms with Crippen molar-refractivity contribution in [2.75, 3.05) is 0 Å². The van der Waals surface area contributed by atoms with E-state index in [0.717, 1.165) is 12.8 Å². The van der Waals surface area contributed by atoms with Crippen LogP contribution >= 0.6 is 0 Å². The Morgan fingerprint density at radius 1 is 0.591 bits per heavy atom. The number of rotatable bonds is 13. The highest BCUT2D eigenvalue weighted by molar-refractivity contribution is 4.97. The number of hydrogen-bond donors (Lipinski definition) is 0. The third-order valence-electron chi connectivity index (χ3n) is 3.82. The Morgan fingerprint density at radius 3 is 1.59 bits per heavy atom. The number of hydrogen-bond acceptors (Lipinski definition) is 0. The van der Waals surface area contributed by atoms with Crippen LogP contribution in [0.25, 0.3) is 0 Å². The molecule has 0 aromatic rings. The minimum absolute atomic E-state index is 0.505. The zero-order valence-corrected chi connectivity index (χ0v) is 15.7. The van der Waals surface area contributed by atoms with Crippen molar-refractivity contribution >= 4 is 0 Å². The molecule has 128 valence electrons. The fraction of sp³-hybridized carbons (Fsp3) is 0.727. The zero-order valence-electron chi connectivity index (χ0n) is 15.7. The van der Waals surface area contributed by atoms with E-state index in [4.69, 9.17) is 0 Å². The molecule has 0 saturated heterocycles. The molecule has 0 unspecified atom stereocenters. The molecule has 0 radical (unpaired) electrons. The maximum atomic E-state index is 2.35. The van der Waals surface area contributed by atoms with Gasteiger partial charge in [-0.15, -0.1) is 0 Å². The summed E-state index contributed by atoms with van der Waals surface area (Å²) in [6, 6.07) is 0. The van der Waals surface area contributed by atoms with Crippen molar-refractivity contribution in [1.82, 2.24) is 0 Å². The first-order valence-electron chi connectivity index (χ1n) is 9.51. The van der Waals surface area contributed by atoms with E-state index in [2.05, 4.69) is 64.2 Å². The fourth-order valence-electron chi connectivity index (χ4n) is 2.38. The Hall–Kier alpha value is -0.780. The average molecular weight is 305 g/mol. The lowest BCUT2D eigenvalue weighted by Crippen LogP contribution is -2.03. The first-order valence-corrected chi connectivity index (χ1v) is 9.51. The van der Waals surface area contributed by atoms with Crippen LogP contribution in [0.1, 0.15) is 98.3 Å². The van der Waals surface area contributed by atoms with Crippen molar-refractivity contribution in [3.63, 3.8) is 0 Å². The smallest absolute Gasteiger partial charge is 0.0169 e. The summed E-state index contributed by atoms with van der Waals surface area (Å²) in [5.41, 5.74) is 0.505. The fourth-order valence-corrected chi connectivity index (χ4v) is 2.38. The van der Waals surface area contributed by atoms with E-state index in [1.54, 1.807) is 0 Å². The monoisotopic (exact) mass is 304 g/mol. The van der Waals surface area contributed by atoms with Crippen LogP contribution < -0.4 is 0 Å². The first kappa shape index (κ1) is 21.2. The molecule has 0 saturated carbocycles. The van der Waals surface area contributed by atoms with Gasteiger partial charge in [-0.3, -0.25) is 0 Å². The molecular weight excluding hydrogens is 264 g/mol. The number of allylic oxidation sites excluding steroid dienone is 6. The summed E-state index contributed by atoms with van der Waals surface area (Å²) in [7, 11) is 0.